The lowest BCUT2D eigenvalue weighted by Crippen LogP contribution is -2.11. The summed E-state index contributed by atoms with van der Waals surface area (Å²) in [7, 11) is 1.56. The van der Waals surface area contributed by atoms with Crippen molar-refractivity contribution in [2.45, 2.75) is 19.3 Å². The second-order valence-corrected chi connectivity index (χ2v) is 6.09. The zero-order valence-electron chi connectivity index (χ0n) is 16.2. The third-order valence-corrected chi connectivity index (χ3v) is 4.00. The second-order valence-electron chi connectivity index (χ2n) is 6.09. The molecule has 6 nitrogen and oxygen atoms in total. The van der Waals surface area contributed by atoms with Gasteiger partial charge in [-0.15, -0.1) is 12.3 Å². The standard InChI is InChI=1S/C23H23NO5/c1-3-4-5-8-15-29-21-16-17(11-13-20(21)28-2)12-14-22(25)24-19-10-7-6-9-18(19)23(26)27/h1,6-7,9-14,16H,4-5,8,15H2,2H3,(H,24,25)(H,26,27)/b14-12+. The Morgan fingerprint density at radius 3 is 2.69 bits per heavy atom. The van der Waals surface area contributed by atoms with E-state index in [1.54, 1.807) is 43.5 Å². The summed E-state index contributed by atoms with van der Waals surface area (Å²) >= 11 is 0. The molecule has 0 aliphatic rings. The summed E-state index contributed by atoms with van der Waals surface area (Å²) in [5.41, 5.74) is 1.01. The Morgan fingerprint density at radius 2 is 1.97 bits per heavy atom. The molecule has 0 bridgehead atoms. The molecule has 0 radical (unpaired) electrons. The van der Waals surface area contributed by atoms with E-state index < -0.39 is 11.9 Å². The number of carbonyl (C=O) groups excluding carboxylic acids is 1. The highest BCUT2D eigenvalue weighted by Crippen LogP contribution is 2.29. The molecule has 0 saturated carbocycles. The van der Waals surface area contributed by atoms with Crippen LogP contribution in [0.3, 0.4) is 0 Å². The maximum absolute atomic E-state index is 12.2. The predicted octanol–water partition coefficient (Wildman–Crippen LogP) is 4.23. The van der Waals surface area contributed by atoms with Crippen molar-refractivity contribution in [3.8, 4) is 23.8 Å². The number of ether oxygens (including phenoxy) is 2. The molecule has 150 valence electrons. The van der Waals surface area contributed by atoms with Gasteiger partial charge in [-0.2, -0.15) is 0 Å². The largest absolute Gasteiger partial charge is 0.493 e. The molecule has 0 aliphatic heterocycles. The molecule has 2 N–H and O–H groups in total. The van der Waals surface area contributed by atoms with Crippen LogP contribution in [0.15, 0.2) is 48.5 Å². The number of hydrogen-bond acceptors (Lipinski definition) is 4. The fourth-order valence-corrected chi connectivity index (χ4v) is 2.55. The van der Waals surface area contributed by atoms with Gasteiger partial charge in [-0.1, -0.05) is 18.2 Å². The van der Waals surface area contributed by atoms with E-state index in [-0.39, 0.29) is 11.3 Å². The maximum Gasteiger partial charge on any atom is 0.337 e. The van der Waals surface area contributed by atoms with E-state index in [9.17, 15) is 14.7 Å². The van der Waals surface area contributed by atoms with Crippen LogP contribution < -0.4 is 14.8 Å². The number of carbonyl (C=O) groups is 2. The van der Waals surface area contributed by atoms with Crippen molar-refractivity contribution in [3.63, 3.8) is 0 Å². The van der Waals surface area contributed by atoms with Crippen molar-refractivity contribution in [3.05, 3.63) is 59.7 Å². The van der Waals surface area contributed by atoms with E-state index in [2.05, 4.69) is 11.2 Å². The van der Waals surface area contributed by atoms with Crippen molar-refractivity contribution in [2.24, 2.45) is 0 Å². The number of methoxy groups -OCH3 is 1. The number of nitrogens with one attached hydrogen (secondary N) is 1. The molecule has 0 saturated heterocycles. The molecule has 1 amide bonds. The first kappa shape index (κ1) is 21.6. The molecule has 0 atom stereocenters. The number of anilines is 1. The lowest BCUT2D eigenvalue weighted by atomic mass is 10.1. The molecular weight excluding hydrogens is 370 g/mol. The first-order valence-corrected chi connectivity index (χ1v) is 9.11. The number of unbranched alkanes of at least 4 members (excludes halogenated alkanes) is 2. The molecule has 0 unspecified atom stereocenters. The topological polar surface area (TPSA) is 84.9 Å². The summed E-state index contributed by atoms with van der Waals surface area (Å²) in [6.07, 6.45) is 10.6. The average molecular weight is 393 g/mol. The van der Waals surface area contributed by atoms with E-state index >= 15 is 0 Å². The van der Waals surface area contributed by atoms with E-state index in [1.165, 1.54) is 18.2 Å². The number of amides is 1. The van der Waals surface area contributed by atoms with Crippen molar-refractivity contribution < 1.29 is 24.2 Å². The van der Waals surface area contributed by atoms with Gasteiger partial charge in [0.2, 0.25) is 5.91 Å². The molecule has 2 aromatic carbocycles. The first-order chi connectivity index (χ1) is 14.0. The lowest BCUT2D eigenvalue weighted by Gasteiger charge is -2.11. The monoisotopic (exact) mass is 393 g/mol. The predicted molar refractivity (Wildman–Crippen MR) is 112 cm³/mol. The summed E-state index contributed by atoms with van der Waals surface area (Å²) in [4.78, 5) is 23.4. The maximum atomic E-state index is 12.2. The molecular formula is C23H23NO5. The molecule has 29 heavy (non-hydrogen) atoms. The third kappa shape index (κ3) is 6.74. The minimum Gasteiger partial charge on any atom is -0.493 e. The van der Waals surface area contributed by atoms with Gasteiger partial charge in [0.1, 0.15) is 0 Å². The Morgan fingerprint density at radius 1 is 1.17 bits per heavy atom. The van der Waals surface area contributed by atoms with Crippen LogP contribution >= 0.6 is 0 Å². The molecule has 6 heteroatoms. The highest BCUT2D eigenvalue weighted by atomic mass is 16.5. The number of benzene rings is 2. The fourth-order valence-electron chi connectivity index (χ4n) is 2.55. The fraction of sp³-hybridized carbons (Fsp3) is 0.217. The zero-order valence-corrected chi connectivity index (χ0v) is 16.2. The molecule has 0 spiro atoms. The Labute approximate surface area is 170 Å². The Bertz CT molecular complexity index is 927. The van der Waals surface area contributed by atoms with Crippen LogP contribution in [0.5, 0.6) is 11.5 Å². The normalized spacial score (nSPS) is 10.3. The number of carboxylic acid groups (broad SMARTS) is 1. The van der Waals surface area contributed by atoms with E-state index in [0.29, 0.717) is 24.5 Å². The van der Waals surface area contributed by atoms with Crippen LogP contribution in [0.4, 0.5) is 5.69 Å². The van der Waals surface area contributed by atoms with Crippen LogP contribution in [-0.4, -0.2) is 30.7 Å². The van der Waals surface area contributed by atoms with E-state index in [1.807, 2.05) is 0 Å². The molecule has 0 heterocycles. The zero-order chi connectivity index (χ0) is 21.1. The molecule has 2 rings (SSSR count). The van der Waals surface area contributed by atoms with Gasteiger partial charge in [-0.3, -0.25) is 4.79 Å². The molecule has 0 aliphatic carbocycles. The van der Waals surface area contributed by atoms with Gasteiger partial charge in [0.05, 0.1) is 25.0 Å². The van der Waals surface area contributed by atoms with E-state index in [4.69, 9.17) is 15.9 Å². The minimum absolute atomic E-state index is 0.0271. The SMILES string of the molecule is C#CCCCCOc1cc(/C=C/C(=O)Nc2ccccc2C(=O)O)ccc1OC. The van der Waals surface area contributed by atoms with Crippen LogP contribution in [0.2, 0.25) is 0 Å². The van der Waals surface area contributed by atoms with Gasteiger partial charge >= 0.3 is 5.97 Å². The summed E-state index contributed by atoms with van der Waals surface area (Å²) < 4.78 is 11.1. The van der Waals surface area contributed by atoms with Crippen LogP contribution in [-0.2, 0) is 4.79 Å². The minimum atomic E-state index is -1.11. The van der Waals surface area contributed by atoms with Crippen LogP contribution in [0.1, 0.15) is 35.2 Å². The van der Waals surface area contributed by atoms with Crippen molar-refractivity contribution >= 4 is 23.6 Å². The number of rotatable bonds is 10. The third-order valence-electron chi connectivity index (χ3n) is 4.00. The number of hydrogen-bond donors (Lipinski definition) is 2. The second kappa shape index (κ2) is 11.2. The number of para-hydroxylation sites is 1. The highest BCUT2D eigenvalue weighted by Gasteiger charge is 2.10. The number of aromatic carboxylic acids is 1. The van der Waals surface area contributed by atoms with Crippen LogP contribution in [0, 0.1) is 12.3 Å². The van der Waals surface area contributed by atoms with Gasteiger partial charge in [0.25, 0.3) is 0 Å². The van der Waals surface area contributed by atoms with Crippen LogP contribution in [0.25, 0.3) is 6.08 Å². The van der Waals surface area contributed by atoms with Crippen molar-refractivity contribution in [1.29, 1.82) is 0 Å². The molecule has 0 fully saturated rings. The summed E-state index contributed by atoms with van der Waals surface area (Å²) in [6.45, 7) is 0.512. The number of carboxylic acids is 1. The summed E-state index contributed by atoms with van der Waals surface area (Å²) in [5.74, 6) is 2.22. The van der Waals surface area contributed by atoms with Gasteiger partial charge in [0, 0.05) is 12.5 Å². The van der Waals surface area contributed by atoms with Gasteiger partial charge in [-0.05, 0) is 48.7 Å². The number of terminal acetylenes is 1. The Hall–Kier alpha value is -3.72. The van der Waals surface area contributed by atoms with Crippen molar-refractivity contribution in [2.75, 3.05) is 19.0 Å². The molecule has 2 aromatic rings. The summed E-state index contributed by atoms with van der Waals surface area (Å²) in [5, 5.41) is 11.8. The molecule has 0 aromatic heterocycles. The van der Waals surface area contributed by atoms with Gasteiger partial charge in [-0.25, -0.2) is 4.79 Å². The Kier molecular flexibility index (Phi) is 8.33. The van der Waals surface area contributed by atoms with Gasteiger partial charge in [0.15, 0.2) is 11.5 Å². The summed E-state index contributed by atoms with van der Waals surface area (Å²) in [6, 6.07) is 11.5. The quantitative estimate of drug-likeness (QED) is 0.358. The smallest absolute Gasteiger partial charge is 0.337 e. The van der Waals surface area contributed by atoms with E-state index in [0.717, 1.165) is 18.4 Å². The first-order valence-electron chi connectivity index (χ1n) is 9.11. The van der Waals surface area contributed by atoms with Gasteiger partial charge < -0.3 is 19.9 Å². The average Bonchev–Trinajstić information content (AvgIpc) is 2.72. The lowest BCUT2D eigenvalue weighted by molar-refractivity contribution is -0.111. The highest BCUT2D eigenvalue weighted by molar-refractivity contribution is 6.06. The Balaban J connectivity index is 2.04. The van der Waals surface area contributed by atoms with Crippen molar-refractivity contribution in [1.82, 2.24) is 0 Å².